The minimum Gasteiger partial charge on any atom is -0.408 e. The van der Waals surface area contributed by atoms with Crippen LogP contribution in [-0.4, -0.2) is 16.3 Å². The predicted octanol–water partition coefficient (Wildman–Crippen LogP) is 1.54. The molecular weight excluding hydrogens is 206 g/mol. The van der Waals surface area contributed by atoms with Crippen LogP contribution in [0.1, 0.15) is 18.9 Å². The Kier molecular flexibility index (Phi) is 3.10. The number of aromatic nitrogens is 1. The Morgan fingerprint density at radius 3 is 2.94 bits per heavy atom. The summed E-state index contributed by atoms with van der Waals surface area (Å²) in [4.78, 5) is 11.5. The van der Waals surface area contributed by atoms with Crippen LogP contribution in [0.25, 0.3) is 11.1 Å². The second-order valence-corrected chi connectivity index (χ2v) is 3.74. The Morgan fingerprint density at radius 1 is 1.44 bits per heavy atom. The topological polar surface area (TPSA) is 55.4 Å². The quantitative estimate of drug-likeness (QED) is 0.852. The van der Waals surface area contributed by atoms with E-state index < -0.39 is 0 Å². The van der Waals surface area contributed by atoms with E-state index in [0.717, 1.165) is 23.9 Å². The van der Waals surface area contributed by atoms with Crippen molar-refractivity contribution in [2.24, 2.45) is 0 Å². The van der Waals surface area contributed by atoms with Gasteiger partial charge in [0.1, 0.15) is 0 Å². The zero-order chi connectivity index (χ0) is 11.5. The lowest BCUT2D eigenvalue weighted by molar-refractivity contribution is 0.288. The fraction of sp³-hybridized carbons (Fsp3) is 0.417. The molecule has 1 aromatic heterocycles. The average molecular weight is 221 g/mol. The highest BCUT2D eigenvalue weighted by atomic mass is 16.4. The van der Waals surface area contributed by atoms with Crippen LogP contribution in [-0.2, 0) is 13.0 Å². The van der Waals surface area contributed by atoms with E-state index in [-0.39, 0.29) is 12.4 Å². The summed E-state index contributed by atoms with van der Waals surface area (Å²) >= 11 is 0. The summed E-state index contributed by atoms with van der Waals surface area (Å²) in [6.07, 6.45) is 1.55. The van der Waals surface area contributed by atoms with Crippen LogP contribution in [0.5, 0.6) is 0 Å². The van der Waals surface area contributed by atoms with Crippen LogP contribution in [0.15, 0.2) is 27.4 Å². The molecule has 0 saturated carbocycles. The maximum Gasteiger partial charge on any atom is 0.419 e. The van der Waals surface area contributed by atoms with E-state index in [1.165, 1.54) is 0 Å². The highest BCUT2D eigenvalue weighted by Crippen LogP contribution is 2.16. The molecule has 0 aliphatic carbocycles. The van der Waals surface area contributed by atoms with Crippen LogP contribution < -0.4 is 5.76 Å². The zero-order valence-corrected chi connectivity index (χ0v) is 9.27. The average Bonchev–Trinajstić information content (AvgIpc) is 2.61. The molecule has 1 heterocycles. The number of aliphatic hydroxyl groups excluding tert-OH is 1. The van der Waals surface area contributed by atoms with Crippen LogP contribution in [0.2, 0.25) is 0 Å². The number of fused-ring (bicyclic) bond motifs is 1. The van der Waals surface area contributed by atoms with E-state index in [0.29, 0.717) is 12.1 Å². The lowest BCUT2D eigenvalue weighted by atomic mass is 10.1. The van der Waals surface area contributed by atoms with Gasteiger partial charge in [-0.25, -0.2) is 4.79 Å². The van der Waals surface area contributed by atoms with Crippen molar-refractivity contribution in [3.8, 4) is 0 Å². The van der Waals surface area contributed by atoms with Gasteiger partial charge in [-0.3, -0.25) is 4.57 Å². The Hall–Kier alpha value is -1.55. The van der Waals surface area contributed by atoms with Gasteiger partial charge in [-0.15, -0.1) is 0 Å². The highest BCUT2D eigenvalue weighted by molar-refractivity contribution is 5.73. The summed E-state index contributed by atoms with van der Waals surface area (Å²) in [5.41, 5.74) is 2.58. The van der Waals surface area contributed by atoms with Gasteiger partial charge in [0.2, 0.25) is 0 Å². The Morgan fingerprint density at radius 2 is 2.25 bits per heavy atom. The van der Waals surface area contributed by atoms with Gasteiger partial charge in [-0.1, -0.05) is 6.07 Å². The minimum atomic E-state index is -0.309. The van der Waals surface area contributed by atoms with E-state index in [1.807, 2.05) is 25.1 Å². The highest BCUT2D eigenvalue weighted by Gasteiger charge is 2.07. The summed E-state index contributed by atoms with van der Waals surface area (Å²) in [5, 5.41) is 8.77. The van der Waals surface area contributed by atoms with Crippen molar-refractivity contribution >= 4 is 11.1 Å². The van der Waals surface area contributed by atoms with Crippen molar-refractivity contribution in [2.75, 3.05) is 6.61 Å². The number of hydrogen-bond donors (Lipinski definition) is 1. The van der Waals surface area contributed by atoms with E-state index in [9.17, 15) is 4.79 Å². The number of rotatable bonds is 4. The molecule has 16 heavy (non-hydrogen) atoms. The summed E-state index contributed by atoms with van der Waals surface area (Å²) in [6, 6.07) is 5.70. The second-order valence-electron chi connectivity index (χ2n) is 3.74. The third-order valence-electron chi connectivity index (χ3n) is 2.67. The molecule has 2 rings (SSSR count). The molecule has 0 aliphatic rings. The van der Waals surface area contributed by atoms with E-state index >= 15 is 0 Å². The van der Waals surface area contributed by atoms with Gasteiger partial charge in [0, 0.05) is 13.2 Å². The first-order chi connectivity index (χ1) is 7.76. The molecule has 0 amide bonds. The zero-order valence-electron chi connectivity index (χ0n) is 9.27. The number of oxazole rings is 1. The van der Waals surface area contributed by atoms with Crippen LogP contribution in [0, 0.1) is 0 Å². The Bertz CT molecular complexity index is 539. The first-order valence-electron chi connectivity index (χ1n) is 5.49. The fourth-order valence-electron chi connectivity index (χ4n) is 1.85. The maximum absolute atomic E-state index is 11.5. The molecule has 86 valence electrons. The maximum atomic E-state index is 11.5. The van der Waals surface area contributed by atoms with Crippen molar-refractivity contribution in [3.63, 3.8) is 0 Å². The van der Waals surface area contributed by atoms with Gasteiger partial charge < -0.3 is 9.52 Å². The first kappa shape index (κ1) is 11.0. The van der Waals surface area contributed by atoms with Gasteiger partial charge in [-0.2, -0.15) is 0 Å². The van der Waals surface area contributed by atoms with Crippen LogP contribution >= 0.6 is 0 Å². The predicted molar refractivity (Wildman–Crippen MR) is 61.6 cm³/mol. The SMILES string of the molecule is CCn1c(=O)oc2ccc(CCCO)cc21. The molecule has 0 atom stereocenters. The molecule has 0 saturated heterocycles. The number of hydrogen-bond acceptors (Lipinski definition) is 3. The lowest BCUT2D eigenvalue weighted by Gasteiger charge is -2.00. The van der Waals surface area contributed by atoms with Crippen LogP contribution in [0.4, 0.5) is 0 Å². The molecule has 1 N–H and O–H groups in total. The fourth-order valence-corrected chi connectivity index (χ4v) is 1.85. The molecule has 4 nitrogen and oxygen atoms in total. The molecule has 2 aromatic rings. The third kappa shape index (κ3) is 1.88. The number of nitrogens with zero attached hydrogens (tertiary/aromatic N) is 1. The van der Waals surface area contributed by atoms with E-state index in [2.05, 4.69) is 0 Å². The van der Waals surface area contributed by atoms with Gasteiger partial charge in [0.15, 0.2) is 5.58 Å². The molecule has 0 aliphatic heterocycles. The van der Waals surface area contributed by atoms with Gasteiger partial charge in [0.25, 0.3) is 0 Å². The Balaban J connectivity index is 2.47. The summed E-state index contributed by atoms with van der Waals surface area (Å²) in [7, 11) is 0. The molecule has 0 fully saturated rings. The van der Waals surface area contributed by atoms with Crippen molar-refractivity contribution in [3.05, 3.63) is 34.3 Å². The largest absolute Gasteiger partial charge is 0.419 e. The van der Waals surface area contributed by atoms with E-state index in [1.54, 1.807) is 4.57 Å². The molecule has 0 spiro atoms. The van der Waals surface area contributed by atoms with Gasteiger partial charge >= 0.3 is 5.76 Å². The summed E-state index contributed by atoms with van der Waals surface area (Å²) < 4.78 is 6.72. The molecular formula is C12H15NO3. The van der Waals surface area contributed by atoms with Crippen molar-refractivity contribution in [2.45, 2.75) is 26.3 Å². The number of aliphatic hydroxyl groups is 1. The number of benzene rings is 1. The lowest BCUT2D eigenvalue weighted by Crippen LogP contribution is -2.12. The first-order valence-corrected chi connectivity index (χ1v) is 5.49. The molecule has 0 unspecified atom stereocenters. The van der Waals surface area contributed by atoms with Gasteiger partial charge in [-0.05, 0) is 37.5 Å². The smallest absolute Gasteiger partial charge is 0.408 e. The summed E-state index contributed by atoms with van der Waals surface area (Å²) in [5.74, 6) is -0.309. The van der Waals surface area contributed by atoms with Crippen LogP contribution in [0.3, 0.4) is 0 Å². The summed E-state index contributed by atoms with van der Waals surface area (Å²) in [6.45, 7) is 2.70. The molecule has 0 bridgehead atoms. The minimum absolute atomic E-state index is 0.185. The van der Waals surface area contributed by atoms with Crippen molar-refractivity contribution in [1.29, 1.82) is 0 Å². The number of aryl methyl sites for hydroxylation is 2. The Labute approximate surface area is 93.1 Å². The molecule has 4 heteroatoms. The second kappa shape index (κ2) is 4.53. The van der Waals surface area contributed by atoms with Crippen molar-refractivity contribution < 1.29 is 9.52 Å². The standard InChI is InChI=1S/C12H15NO3/c1-2-13-10-8-9(4-3-7-14)5-6-11(10)16-12(13)15/h5-6,8,14H,2-4,7H2,1H3. The normalized spacial score (nSPS) is 11.1. The van der Waals surface area contributed by atoms with Crippen molar-refractivity contribution in [1.82, 2.24) is 4.57 Å². The monoisotopic (exact) mass is 221 g/mol. The molecule has 1 aromatic carbocycles. The molecule has 0 radical (unpaired) electrons. The third-order valence-corrected chi connectivity index (χ3v) is 2.67. The van der Waals surface area contributed by atoms with Gasteiger partial charge in [0.05, 0.1) is 5.52 Å². The van der Waals surface area contributed by atoms with E-state index in [4.69, 9.17) is 9.52 Å².